The maximum absolute atomic E-state index is 12.1. The predicted octanol–water partition coefficient (Wildman–Crippen LogP) is 2.23. The normalized spacial score (nSPS) is 10.4. The van der Waals surface area contributed by atoms with E-state index in [0.717, 1.165) is 5.56 Å². The van der Waals surface area contributed by atoms with Crippen molar-refractivity contribution in [2.45, 2.75) is 20.1 Å². The van der Waals surface area contributed by atoms with E-state index in [4.69, 9.17) is 4.74 Å². The van der Waals surface area contributed by atoms with E-state index in [2.05, 4.69) is 15.5 Å². The number of anilines is 1. The maximum atomic E-state index is 12.1. The molecule has 3 rings (SSSR count). The number of aromatic nitrogens is 3. The standard InChI is InChI=1S/C17H16N4O3S/c1-12-7-14(22)15(24-10-13-5-3-2-4-6-13)8-21(12)9-16(23)19-17-20-18-11-25-17/h2-8,11H,9-10H2,1H3,(H,19,20,23). The topological polar surface area (TPSA) is 86.1 Å². The largest absolute Gasteiger partial charge is 0.483 e. The van der Waals surface area contributed by atoms with Gasteiger partial charge in [-0.1, -0.05) is 41.7 Å². The van der Waals surface area contributed by atoms with Gasteiger partial charge in [-0.05, 0) is 12.5 Å². The number of benzene rings is 1. The molecule has 0 fully saturated rings. The number of pyridine rings is 1. The minimum atomic E-state index is -0.252. The van der Waals surface area contributed by atoms with Crippen LogP contribution in [0.15, 0.2) is 52.9 Å². The highest BCUT2D eigenvalue weighted by atomic mass is 32.1. The first-order valence-corrected chi connectivity index (χ1v) is 8.43. The van der Waals surface area contributed by atoms with Gasteiger partial charge in [0.2, 0.25) is 16.5 Å². The van der Waals surface area contributed by atoms with Gasteiger partial charge in [-0.2, -0.15) is 0 Å². The molecule has 0 unspecified atom stereocenters. The molecule has 0 aliphatic rings. The Hall–Kier alpha value is -3.00. The summed E-state index contributed by atoms with van der Waals surface area (Å²) in [5.41, 5.74) is 2.96. The van der Waals surface area contributed by atoms with Crippen molar-refractivity contribution >= 4 is 22.4 Å². The summed E-state index contributed by atoms with van der Waals surface area (Å²) in [6.07, 6.45) is 1.56. The van der Waals surface area contributed by atoms with E-state index in [9.17, 15) is 9.59 Å². The number of amides is 1. The Bertz CT molecular complexity index is 907. The summed E-state index contributed by atoms with van der Waals surface area (Å²) in [6.45, 7) is 2.10. The van der Waals surface area contributed by atoms with Gasteiger partial charge in [-0.25, -0.2) is 0 Å². The van der Waals surface area contributed by atoms with Crippen molar-refractivity contribution in [2.75, 3.05) is 5.32 Å². The number of aryl methyl sites for hydroxylation is 1. The predicted molar refractivity (Wildman–Crippen MR) is 94.8 cm³/mol. The first-order valence-electron chi connectivity index (χ1n) is 7.55. The number of nitrogens with one attached hydrogen (secondary N) is 1. The second-order valence-corrected chi connectivity index (χ2v) is 6.17. The fourth-order valence-electron chi connectivity index (χ4n) is 2.21. The number of hydrogen-bond donors (Lipinski definition) is 1. The van der Waals surface area contributed by atoms with E-state index < -0.39 is 0 Å². The van der Waals surface area contributed by atoms with Crippen LogP contribution in [0.4, 0.5) is 5.13 Å². The third-order valence-corrected chi connectivity index (χ3v) is 4.07. The summed E-state index contributed by atoms with van der Waals surface area (Å²) < 4.78 is 7.29. The summed E-state index contributed by atoms with van der Waals surface area (Å²) in [5.74, 6) is -0.0457. The fraction of sp³-hybridized carbons (Fsp3) is 0.176. The third-order valence-electron chi connectivity index (χ3n) is 3.47. The lowest BCUT2D eigenvalue weighted by Gasteiger charge is -2.13. The van der Waals surface area contributed by atoms with E-state index in [-0.39, 0.29) is 30.2 Å². The van der Waals surface area contributed by atoms with Gasteiger partial charge in [-0.15, -0.1) is 10.2 Å². The fourth-order valence-corrected chi connectivity index (χ4v) is 2.67. The minimum absolute atomic E-state index is 0.0490. The molecule has 2 aromatic heterocycles. The molecule has 1 aromatic carbocycles. The Morgan fingerprint density at radius 2 is 2.12 bits per heavy atom. The second kappa shape index (κ2) is 7.71. The Labute approximate surface area is 147 Å². The maximum Gasteiger partial charge on any atom is 0.246 e. The Morgan fingerprint density at radius 1 is 1.32 bits per heavy atom. The van der Waals surface area contributed by atoms with Crippen LogP contribution >= 0.6 is 11.3 Å². The van der Waals surface area contributed by atoms with E-state index in [1.807, 2.05) is 30.3 Å². The number of rotatable bonds is 6. The number of carbonyl (C=O) groups is 1. The smallest absolute Gasteiger partial charge is 0.246 e. The van der Waals surface area contributed by atoms with Crippen LogP contribution in [-0.4, -0.2) is 20.7 Å². The van der Waals surface area contributed by atoms with Crippen molar-refractivity contribution in [3.05, 3.63) is 69.6 Å². The molecular formula is C17H16N4O3S. The van der Waals surface area contributed by atoms with Crippen LogP contribution in [0, 0.1) is 6.92 Å². The molecule has 2 heterocycles. The average molecular weight is 356 g/mol. The van der Waals surface area contributed by atoms with Gasteiger partial charge in [0.05, 0.1) is 6.20 Å². The van der Waals surface area contributed by atoms with Gasteiger partial charge >= 0.3 is 0 Å². The van der Waals surface area contributed by atoms with Gasteiger partial charge in [0.25, 0.3) is 0 Å². The monoisotopic (exact) mass is 356 g/mol. The zero-order valence-corrected chi connectivity index (χ0v) is 14.3. The van der Waals surface area contributed by atoms with Gasteiger partial charge in [0, 0.05) is 11.8 Å². The van der Waals surface area contributed by atoms with Gasteiger partial charge in [-0.3, -0.25) is 14.9 Å². The van der Waals surface area contributed by atoms with Gasteiger partial charge in [0.15, 0.2) is 5.75 Å². The third kappa shape index (κ3) is 4.51. The lowest BCUT2D eigenvalue weighted by molar-refractivity contribution is -0.116. The lowest BCUT2D eigenvalue weighted by atomic mass is 10.2. The van der Waals surface area contributed by atoms with E-state index in [1.54, 1.807) is 17.7 Å². The first-order chi connectivity index (χ1) is 12.1. The molecule has 0 aliphatic carbocycles. The zero-order valence-electron chi connectivity index (χ0n) is 13.5. The first kappa shape index (κ1) is 16.8. The molecule has 1 N–H and O–H groups in total. The molecule has 0 saturated heterocycles. The van der Waals surface area contributed by atoms with Crippen LogP contribution in [0.25, 0.3) is 0 Å². The highest BCUT2D eigenvalue weighted by molar-refractivity contribution is 7.13. The molecule has 7 nitrogen and oxygen atoms in total. The van der Waals surface area contributed by atoms with Gasteiger partial charge < -0.3 is 9.30 Å². The van der Waals surface area contributed by atoms with Crippen LogP contribution in [-0.2, 0) is 17.9 Å². The number of ether oxygens (including phenoxy) is 1. The van der Waals surface area contributed by atoms with Gasteiger partial charge in [0.1, 0.15) is 18.7 Å². The van der Waals surface area contributed by atoms with E-state index in [1.165, 1.54) is 22.9 Å². The number of nitrogens with zero attached hydrogens (tertiary/aromatic N) is 3. The summed E-state index contributed by atoms with van der Waals surface area (Å²) in [7, 11) is 0. The van der Waals surface area contributed by atoms with Crippen LogP contribution < -0.4 is 15.5 Å². The highest BCUT2D eigenvalue weighted by Gasteiger charge is 2.10. The lowest BCUT2D eigenvalue weighted by Crippen LogP contribution is -2.22. The summed E-state index contributed by atoms with van der Waals surface area (Å²) >= 11 is 1.24. The van der Waals surface area contributed by atoms with Crippen molar-refractivity contribution in [1.29, 1.82) is 0 Å². The summed E-state index contributed by atoms with van der Waals surface area (Å²) in [4.78, 5) is 24.2. The van der Waals surface area contributed by atoms with Crippen molar-refractivity contribution in [3.63, 3.8) is 0 Å². The summed E-state index contributed by atoms with van der Waals surface area (Å²) in [5, 5.41) is 10.5. The van der Waals surface area contributed by atoms with Crippen molar-refractivity contribution in [1.82, 2.24) is 14.8 Å². The average Bonchev–Trinajstić information content (AvgIpc) is 3.10. The molecule has 0 aliphatic heterocycles. The Kier molecular flexibility index (Phi) is 5.20. The Morgan fingerprint density at radius 3 is 2.84 bits per heavy atom. The summed E-state index contributed by atoms with van der Waals surface area (Å²) in [6, 6.07) is 11.0. The quantitative estimate of drug-likeness (QED) is 0.732. The van der Waals surface area contributed by atoms with Crippen LogP contribution in [0.5, 0.6) is 5.75 Å². The van der Waals surface area contributed by atoms with Crippen molar-refractivity contribution in [2.24, 2.45) is 0 Å². The molecule has 128 valence electrons. The molecule has 1 amide bonds. The molecule has 0 bridgehead atoms. The second-order valence-electron chi connectivity index (χ2n) is 5.34. The zero-order chi connectivity index (χ0) is 17.6. The molecule has 0 radical (unpaired) electrons. The highest BCUT2D eigenvalue weighted by Crippen LogP contribution is 2.11. The molecule has 3 aromatic rings. The molecule has 25 heavy (non-hydrogen) atoms. The molecule has 8 heteroatoms. The van der Waals surface area contributed by atoms with Crippen LogP contribution in [0.2, 0.25) is 0 Å². The van der Waals surface area contributed by atoms with Crippen molar-refractivity contribution < 1.29 is 9.53 Å². The molecular weight excluding hydrogens is 340 g/mol. The van der Waals surface area contributed by atoms with Crippen LogP contribution in [0.3, 0.4) is 0 Å². The SMILES string of the molecule is Cc1cc(=O)c(OCc2ccccc2)cn1CC(=O)Nc1nncs1. The number of carbonyl (C=O) groups excluding carboxylic acids is 1. The van der Waals surface area contributed by atoms with E-state index in [0.29, 0.717) is 10.8 Å². The number of hydrogen-bond acceptors (Lipinski definition) is 6. The Balaban J connectivity index is 1.71. The van der Waals surface area contributed by atoms with Crippen molar-refractivity contribution in [3.8, 4) is 5.75 Å². The molecule has 0 saturated carbocycles. The van der Waals surface area contributed by atoms with E-state index >= 15 is 0 Å². The molecule has 0 atom stereocenters. The molecule has 0 spiro atoms. The van der Waals surface area contributed by atoms with Crippen LogP contribution in [0.1, 0.15) is 11.3 Å². The minimum Gasteiger partial charge on any atom is -0.483 e.